The third kappa shape index (κ3) is 2.84. The minimum absolute atomic E-state index is 0.158. The van der Waals surface area contributed by atoms with Crippen molar-refractivity contribution < 1.29 is 5.11 Å². The van der Waals surface area contributed by atoms with Gasteiger partial charge in [-0.2, -0.15) is 0 Å². The Morgan fingerprint density at radius 3 is 2.68 bits per heavy atom. The van der Waals surface area contributed by atoms with E-state index in [1.807, 2.05) is 0 Å². The Bertz CT molecular complexity index is 307. The van der Waals surface area contributed by atoms with Crippen molar-refractivity contribution >= 4 is 0 Å². The van der Waals surface area contributed by atoms with E-state index in [1.165, 1.54) is 57.9 Å². The molecule has 4 unspecified atom stereocenters. The molecule has 1 aliphatic heterocycles. The lowest BCUT2D eigenvalue weighted by atomic mass is 9.74. The maximum Gasteiger partial charge on any atom is 0.0611 e. The van der Waals surface area contributed by atoms with Crippen LogP contribution < -0.4 is 5.73 Å². The summed E-state index contributed by atoms with van der Waals surface area (Å²) < 4.78 is 0. The lowest BCUT2D eigenvalue weighted by Gasteiger charge is -2.51. The van der Waals surface area contributed by atoms with E-state index in [0.717, 1.165) is 24.8 Å². The average molecular weight is 266 g/mol. The quantitative estimate of drug-likeness (QED) is 0.806. The van der Waals surface area contributed by atoms with Crippen molar-refractivity contribution in [3.05, 3.63) is 0 Å². The molecule has 3 aliphatic rings. The number of piperidine rings is 1. The van der Waals surface area contributed by atoms with Crippen molar-refractivity contribution in [2.45, 2.75) is 81.8 Å². The third-order valence-corrected chi connectivity index (χ3v) is 5.92. The molecule has 3 heteroatoms. The number of rotatable bonds is 2. The second kappa shape index (κ2) is 5.71. The maximum absolute atomic E-state index is 9.56. The molecule has 3 N–H and O–H groups in total. The lowest BCUT2D eigenvalue weighted by Crippen LogP contribution is -2.58. The van der Waals surface area contributed by atoms with Gasteiger partial charge in [-0.1, -0.05) is 12.8 Å². The summed E-state index contributed by atoms with van der Waals surface area (Å²) in [7, 11) is 0. The Morgan fingerprint density at radius 2 is 1.84 bits per heavy atom. The predicted molar refractivity (Wildman–Crippen MR) is 77.9 cm³/mol. The van der Waals surface area contributed by atoms with Crippen molar-refractivity contribution in [2.75, 3.05) is 13.2 Å². The Kier molecular flexibility index (Phi) is 4.16. The van der Waals surface area contributed by atoms with Crippen LogP contribution in [0.15, 0.2) is 0 Å². The first-order valence-electron chi connectivity index (χ1n) is 8.37. The van der Waals surface area contributed by atoms with E-state index in [0.29, 0.717) is 6.04 Å². The molecule has 2 saturated carbocycles. The van der Waals surface area contributed by atoms with Crippen LogP contribution in [0.3, 0.4) is 0 Å². The van der Waals surface area contributed by atoms with Gasteiger partial charge in [0.1, 0.15) is 0 Å². The first-order valence-corrected chi connectivity index (χ1v) is 8.37. The number of hydrogen-bond acceptors (Lipinski definition) is 3. The van der Waals surface area contributed by atoms with Crippen molar-refractivity contribution in [1.29, 1.82) is 0 Å². The molecule has 0 aromatic heterocycles. The van der Waals surface area contributed by atoms with E-state index in [4.69, 9.17) is 5.73 Å². The summed E-state index contributed by atoms with van der Waals surface area (Å²) >= 11 is 0. The molecule has 4 atom stereocenters. The van der Waals surface area contributed by atoms with Gasteiger partial charge in [0.15, 0.2) is 0 Å². The van der Waals surface area contributed by atoms with Crippen LogP contribution in [-0.2, 0) is 0 Å². The van der Waals surface area contributed by atoms with Gasteiger partial charge in [0.25, 0.3) is 0 Å². The molecule has 0 amide bonds. The standard InChI is InChI=1S/C16H30N2O/c17-16(12-19)9-3-7-14(11-16)18-10-4-6-13-5-1-2-8-15(13)18/h13-15,19H,1-12,17H2. The molecule has 19 heavy (non-hydrogen) atoms. The second-order valence-corrected chi connectivity index (χ2v) is 7.26. The Hall–Kier alpha value is -0.120. The number of fused-ring (bicyclic) bond motifs is 1. The van der Waals surface area contributed by atoms with Gasteiger partial charge in [0, 0.05) is 17.6 Å². The summed E-state index contributed by atoms with van der Waals surface area (Å²) in [6.45, 7) is 1.43. The number of likely N-dealkylation sites (tertiary alicyclic amines) is 1. The van der Waals surface area contributed by atoms with Gasteiger partial charge < -0.3 is 10.8 Å². The Morgan fingerprint density at radius 1 is 1.05 bits per heavy atom. The number of nitrogens with two attached hydrogens (primary N) is 1. The summed E-state index contributed by atoms with van der Waals surface area (Å²) in [6.07, 6.45) is 13.0. The summed E-state index contributed by atoms with van der Waals surface area (Å²) in [5.41, 5.74) is 6.05. The van der Waals surface area contributed by atoms with Gasteiger partial charge in [-0.3, -0.25) is 4.90 Å². The fourth-order valence-electron chi connectivity index (χ4n) is 4.91. The number of aliphatic hydroxyl groups is 1. The molecule has 0 spiro atoms. The lowest BCUT2D eigenvalue weighted by molar-refractivity contribution is -0.00579. The van der Waals surface area contributed by atoms with Gasteiger partial charge in [-0.15, -0.1) is 0 Å². The molecule has 0 bridgehead atoms. The van der Waals surface area contributed by atoms with E-state index in [9.17, 15) is 5.11 Å². The summed E-state index contributed by atoms with van der Waals surface area (Å²) in [6, 6.07) is 1.46. The first-order chi connectivity index (χ1) is 9.22. The van der Waals surface area contributed by atoms with Gasteiger partial charge >= 0.3 is 0 Å². The van der Waals surface area contributed by atoms with Gasteiger partial charge in [0.05, 0.1) is 6.61 Å². The van der Waals surface area contributed by atoms with Crippen LogP contribution in [-0.4, -0.2) is 40.8 Å². The molecule has 2 aliphatic carbocycles. The highest BCUT2D eigenvalue weighted by atomic mass is 16.3. The van der Waals surface area contributed by atoms with E-state index in [1.54, 1.807) is 0 Å². The third-order valence-electron chi connectivity index (χ3n) is 5.92. The zero-order valence-electron chi connectivity index (χ0n) is 12.2. The van der Waals surface area contributed by atoms with Crippen molar-refractivity contribution in [3.63, 3.8) is 0 Å². The van der Waals surface area contributed by atoms with Crippen LogP contribution >= 0.6 is 0 Å². The van der Waals surface area contributed by atoms with Crippen LogP contribution in [0.4, 0.5) is 0 Å². The fraction of sp³-hybridized carbons (Fsp3) is 1.00. The SMILES string of the molecule is NC1(CO)CCCC(N2CCCC3CCCCC32)C1. The molecule has 3 fully saturated rings. The van der Waals surface area contributed by atoms with Gasteiger partial charge in [-0.05, 0) is 63.8 Å². The van der Waals surface area contributed by atoms with E-state index >= 15 is 0 Å². The fourth-order valence-corrected chi connectivity index (χ4v) is 4.91. The number of nitrogens with zero attached hydrogens (tertiary/aromatic N) is 1. The normalized spacial score (nSPS) is 44.8. The first kappa shape index (κ1) is 13.8. The topological polar surface area (TPSA) is 49.5 Å². The Balaban J connectivity index is 1.69. The second-order valence-electron chi connectivity index (χ2n) is 7.26. The van der Waals surface area contributed by atoms with Gasteiger partial charge in [0.2, 0.25) is 0 Å². The molecule has 1 heterocycles. The average Bonchev–Trinajstić information content (AvgIpc) is 2.47. The molecular formula is C16H30N2O. The summed E-state index contributed by atoms with van der Waals surface area (Å²) in [4.78, 5) is 2.80. The predicted octanol–water partition coefficient (Wildman–Crippen LogP) is 2.27. The molecule has 0 aromatic carbocycles. The highest BCUT2D eigenvalue weighted by Crippen LogP contribution is 2.39. The van der Waals surface area contributed by atoms with Crippen molar-refractivity contribution in [1.82, 2.24) is 4.90 Å². The van der Waals surface area contributed by atoms with Crippen molar-refractivity contribution in [2.24, 2.45) is 11.7 Å². The molecule has 0 radical (unpaired) electrons. The molecule has 1 saturated heterocycles. The minimum Gasteiger partial charge on any atom is -0.394 e. The summed E-state index contributed by atoms with van der Waals surface area (Å²) in [5.74, 6) is 0.950. The number of hydrogen-bond donors (Lipinski definition) is 2. The van der Waals surface area contributed by atoms with Crippen LogP contribution in [0.25, 0.3) is 0 Å². The van der Waals surface area contributed by atoms with Crippen LogP contribution in [0.2, 0.25) is 0 Å². The van der Waals surface area contributed by atoms with Crippen molar-refractivity contribution in [3.8, 4) is 0 Å². The molecule has 0 aromatic rings. The van der Waals surface area contributed by atoms with E-state index < -0.39 is 0 Å². The molecular weight excluding hydrogens is 236 g/mol. The smallest absolute Gasteiger partial charge is 0.0611 e. The van der Waals surface area contributed by atoms with Crippen LogP contribution in [0, 0.1) is 5.92 Å². The molecule has 3 nitrogen and oxygen atoms in total. The highest BCUT2D eigenvalue weighted by Gasteiger charge is 2.41. The van der Waals surface area contributed by atoms with E-state index in [-0.39, 0.29) is 12.1 Å². The van der Waals surface area contributed by atoms with Crippen LogP contribution in [0.5, 0.6) is 0 Å². The maximum atomic E-state index is 9.56. The zero-order chi connectivity index (χ0) is 13.3. The van der Waals surface area contributed by atoms with Gasteiger partial charge in [-0.25, -0.2) is 0 Å². The zero-order valence-corrected chi connectivity index (χ0v) is 12.2. The monoisotopic (exact) mass is 266 g/mol. The van der Waals surface area contributed by atoms with Crippen LogP contribution in [0.1, 0.15) is 64.2 Å². The highest BCUT2D eigenvalue weighted by molar-refractivity contribution is 4.98. The minimum atomic E-state index is -0.301. The summed E-state index contributed by atoms with van der Waals surface area (Å²) in [5, 5.41) is 9.56. The van der Waals surface area contributed by atoms with E-state index in [2.05, 4.69) is 4.90 Å². The Labute approximate surface area is 117 Å². The molecule has 110 valence electrons. The number of aliphatic hydroxyl groups excluding tert-OH is 1. The largest absolute Gasteiger partial charge is 0.394 e. The molecule has 3 rings (SSSR count).